The van der Waals surface area contributed by atoms with Crippen molar-refractivity contribution < 1.29 is 0 Å². The normalized spacial score (nSPS) is 11.0. The van der Waals surface area contributed by atoms with Gasteiger partial charge in [0.1, 0.15) is 0 Å². The van der Waals surface area contributed by atoms with E-state index >= 15 is 0 Å². The molecule has 0 saturated carbocycles. The Hall–Kier alpha value is -2.42. The average molecular weight is 345 g/mol. The van der Waals surface area contributed by atoms with Crippen LogP contribution < -0.4 is 5.73 Å². The topological polar surface area (TPSA) is 29.3 Å². The lowest BCUT2D eigenvalue weighted by Crippen LogP contribution is -2.24. The van der Waals surface area contributed by atoms with E-state index in [2.05, 4.69) is 89.8 Å². The molecule has 134 valence electrons. The van der Waals surface area contributed by atoms with Crippen molar-refractivity contribution in [3.05, 3.63) is 107 Å². The van der Waals surface area contributed by atoms with Crippen molar-refractivity contribution in [2.24, 2.45) is 5.73 Å². The van der Waals surface area contributed by atoms with Crippen molar-refractivity contribution in [3.8, 4) is 0 Å². The van der Waals surface area contributed by atoms with Crippen LogP contribution in [0.25, 0.3) is 0 Å². The van der Waals surface area contributed by atoms with Gasteiger partial charge in [0, 0.05) is 19.6 Å². The SMILES string of the molecule is NCc1cccc(CN(CCCc2ccccc2)Cc2ccccc2)c1. The Morgan fingerprint density at radius 2 is 1.19 bits per heavy atom. The van der Waals surface area contributed by atoms with Gasteiger partial charge in [-0.25, -0.2) is 0 Å². The van der Waals surface area contributed by atoms with Gasteiger partial charge in [0.25, 0.3) is 0 Å². The summed E-state index contributed by atoms with van der Waals surface area (Å²) in [7, 11) is 0. The molecule has 0 amide bonds. The van der Waals surface area contributed by atoms with Crippen LogP contribution in [-0.2, 0) is 26.1 Å². The highest BCUT2D eigenvalue weighted by Crippen LogP contribution is 2.13. The zero-order valence-corrected chi connectivity index (χ0v) is 15.4. The highest BCUT2D eigenvalue weighted by molar-refractivity contribution is 5.23. The molecule has 0 fully saturated rings. The van der Waals surface area contributed by atoms with Crippen molar-refractivity contribution in [3.63, 3.8) is 0 Å². The number of benzene rings is 3. The van der Waals surface area contributed by atoms with Crippen molar-refractivity contribution in [2.75, 3.05) is 6.54 Å². The molecule has 0 spiro atoms. The first-order valence-electron chi connectivity index (χ1n) is 9.41. The maximum atomic E-state index is 5.80. The van der Waals surface area contributed by atoms with Crippen molar-refractivity contribution in [1.29, 1.82) is 0 Å². The second kappa shape index (κ2) is 9.91. The van der Waals surface area contributed by atoms with E-state index in [1.807, 2.05) is 0 Å². The maximum Gasteiger partial charge on any atom is 0.0237 e. The molecular formula is C24H28N2. The van der Waals surface area contributed by atoms with Gasteiger partial charge in [0.15, 0.2) is 0 Å². The summed E-state index contributed by atoms with van der Waals surface area (Å²) >= 11 is 0. The number of rotatable bonds is 9. The van der Waals surface area contributed by atoms with Gasteiger partial charge in [-0.1, -0.05) is 84.9 Å². The van der Waals surface area contributed by atoms with Crippen LogP contribution >= 0.6 is 0 Å². The predicted molar refractivity (Wildman–Crippen MR) is 110 cm³/mol. The summed E-state index contributed by atoms with van der Waals surface area (Å²) in [6.45, 7) is 3.61. The Balaban J connectivity index is 1.64. The molecule has 3 aromatic rings. The van der Waals surface area contributed by atoms with Crippen molar-refractivity contribution >= 4 is 0 Å². The van der Waals surface area contributed by atoms with E-state index in [9.17, 15) is 0 Å². The van der Waals surface area contributed by atoms with E-state index in [-0.39, 0.29) is 0 Å². The zero-order chi connectivity index (χ0) is 18.0. The van der Waals surface area contributed by atoms with Gasteiger partial charge in [0.05, 0.1) is 0 Å². The van der Waals surface area contributed by atoms with E-state index in [0.717, 1.165) is 32.5 Å². The van der Waals surface area contributed by atoms with E-state index < -0.39 is 0 Å². The molecule has 0 unspecified atom stereocenters. The minimum Gasteiger partial charge on any atom is -0.326 e. The average Bonchev–Trinajstić information content (AvgIpc) is 2.70. The first-order chi connectivity index (χ1) is 12.8. The Bertz CT molecular complexity index is 768. The molecule has 26 heavy (non-hydrogen) atoms. The summed E-state index contributed by atoms with van der Waals surface area (Å²) in [5.41, 5.74) is 11.1. The van der Waals surface area contributed by atoms with Gasteiger partial charge in [-0.2, -0.15) is 0 Å². The number of hydrogen-bond acceptors (Lipinski definition) is 2. The van der Waals surface area contributed by atoms with Crippen LogP contribution in [0.4, 0.5) is 0 Å². The van der Waals surface area contributed by atoms with Gasteiger partial charge in [-0.3, -0.25) is 4.90 Å². The molecule has 3 rings (SSSR count). The molecule has 0 aromatic heterocycles. The first kappa shape index (κ1) is 18.4. The third-order valence-corrected chi connectivity index (χ3v) is 4.66. The second-order valence-corrected chi connectivity index (χ2v) is 6.81. The molecule has 0 saturated heterocycles. The Morgan fingerprint density at radius 3 is 1.88 bits per heavy atom. The fraction of sp³-hybridized carbons (Fsp3) is 0.250. The van der Waals surface area contributed by atoms with Gasteiger partial charge >= 0.3 is 0 Å². The number of aryl methyl sites for hydroxylation is 1. The number of nitrogens with zero attached hydrogens (tertiary/aromatic N) is 1. The van der Waals surface area contributed by atoms with Crippen LogP contribution in [0.15, 0.2) is 84.9 Å². The summed E-state index contributed by atoms with van der Waals surface area (Å²) in [4.78, 5) is 2.54. The molecule has 2 nitrogen and oxygen atoms in total. The summed E-state index contributed by atoms with van der Waals surface area (Å²) in [6, 6.07) is 30.1. The molecule has 2 N–H and O–H groups in total. The zero-order valence-electron chi connectivity index (χ0n) is 15.4. The fourth-order valence-electron chi connectivity index (χ4n) is 3.32. The molecule has 0 aliphatic heterocycles. The number of hydrogen-bond donors (Lipinski definition) is 1. The first-order valence-corrected chi connectivity index (χ1v) is 9.41. The summed E-state index contributed by atoms with van der Waals surface area (Å²) in [5.74, 6) is 0. The van der Waals surface area contributed by atoms with Gasteiger partial charge < -0.3 is 5.73 Å². The molecule has 0 bridgehead atoms. The largest absolute Gasteiger partial charge is 0.326 e. The molecule has 0 radical (unpaired) electrons. The fourth-order valence-corrected chi connectivity index (χ4v) is 3.32. The minimum atomic E-state index is 0.598. The Kier molecular flexibility index (Phi) is 7.00. The molecule has 0 aliphatic rings. The van der Waals surface area contributed by atoms with Crippen LogP contribution in [0.3, 0.4) is 0 Å². The molecule has 3 aromatic carbocycles. The van der Waals surface area contributed by atoms with Crippen LogP contribution in [0, 0.1) is 0 Å². The monoisotopic (exact) mass is 344 g/mol. The van der Waals surface area contributed by atoms with Gasteiger partial charge in [0.2, 0.25) is 0 Å². The lowest BCUT2D eigenvalue weighted by molar-refractivity contribution is 0.253. The lowest BCUT2D eigenvalue weighted by atomic mass is 10.1. The smallest absolute Gasteiger partial charge is 0.0237 e. The Morgan fingerprint density at radius 1 is 0.615 bits per heavy atom. The third kappa shape index (κ3) is 5.83. The van der Waals surface area contributed by atoms with Crippen LogP contribution in [0.2, 0.25) is 0 Å². The van der Waals surface area contributed by atoms with E-state index in [0.29, 0.717) is 6.54 Å². The molecule has 0 heterocycles. The number of nitrogens with two attached hydrogens (primary N) is 1. The summed E-state index contributed by atoms with van der Waals surface area (Å²) < 4.78 is 0. The highest BCUT2D eigenvalue weighted by Gasteiger charge is 2.08. The quantitative estimate of drug-likeness (QED) is 0.605. The van der Waals surface area contributed by atoms with E-state index in [4.69, 9.17) is 5.73 Å². The molecular weight excluding hydrogens is 316 g/mol. The van der Waals surface area contributed by atoms with Crippen LogP contribution in [0.1, 0.15) is 28.7 Å². The van der Waals surface area contributed by atoms with Crippen LogP contribution in [0.5, 0.6) is 0 Å². The van der Waals surface area contributed by atoms with E-state index in [1.54, 1.807) is 0 Å². The van der Waals surface area contributed by atoms with Gasteiger partial charge in [-0.15, -0.1) is 0 Å². The van der Waals surface area contributed by atoms with Gasteiger partial charge in [-0.05, 0) is 41.6 Å². The standard InChI is InChI=1S/C24H28N2/c25-18-23-13-7-14-24(17-23)20-26(19-22-11-5-2-6-12-22)16-8-15-21-9-3-1-4-10-21/h1-7,9-14,17H,8,15-16,18-20,25H2. The molecule has 2 heteroatoms. The summed E-state index contributed by atoms with van der Waals surface area (Å²) in [6.07, 6.45) is 2.28. The predicted octanol–water partition coefficient (Wildman–Crippen LogP) is 4.78. The highest BCUT2D eigenvalue weighted by atomic mass is 15.1. The third-order valence-electron chi connectivity index (χ3n) is 4.66. The molecule has 0 aliphatic carbocycles. The minimum absolute atomic E-state index is 0.598. The van der Waals surface area contributed by atoms with Crippen LogP contribution in [-0.4, -0.2) is 11.4 Å². The second-order valence-electron chi connectivity index (χ2n) is 6.81. The van der Waals surface area contributed by atoms with Crippen molar-refractivity contribution in [2.45, 2.75) is 32.5 Å². The van der Waals surface area contributed by atoms with E-state index in [1.165, 1.54) is 22.3 Å². The maximum absolute atomic E-state index is 5.80. The van der Waals surface area contributed by atoms with Crippen molar-refractivity contribution in [1.82, 2.24) is 4.90 Å². The Labute approximate surface area is 157 Å². The lowest BCUT2D eigenvalue weighted by Gasteiger charge is -2.23. The molecule has 0 atom stereocenters. The summed E-state index contributed by atoms with van der Waals surface area (Å²) in [5, 5.41) is 0.